The first-order valence-electron chi connectivity index (χ1n) is 6.70. The lowest BCUT2D eigenvalue weighted by Crippen LogP contribution is -2.29. The number of amides is 1. The largest absolute Gasteiger partial charge is 0.300 e. The molecule has 0 fully saturated rings. The second-order valence-electron chi connectivity index (χ2n) is 5.27. The number of fused-ring (bicyclic) bond motifs is 1. The maximum atomic E-state index is 12.3. The van der Waals surface area contributed by atoms with Crippen LogP contribution in [-0.2, 0) is 11.3 Å². The van der Waals surface area contributed by atoms with Crippen LogP contribution in [0, 0.1) is 13.8 Å². The first kappa shape index (κ1) is 14.0. The van der Waals surface area contributed by atoms with Gasteiger partial charge in [-0.25, -0.2) is 0 Å². The molecule has 1 amide bonds. The number of halogens is 1. The Morgan fingerprint density at radius 2 is 1.76 bits per heavy atom. The molecule has 21 heavy (non-hydrogen) atoms. The van der Waals surface area contributed by atoms with Gasteiger partial charge < -0.3 is 4.90 Å². The lowest BCUT2D eigenvalue weighted by Gasteiger charge is -2.19. The van der Waals surface area contributed by atoms with Gasteiger partial charge in [0.15, 0.2) is 0 Å². The van der Waals surface area contributed by atoms with E-state index in [1.807, 2.05) is 44.2 Å². The normalized spacial score (nSPS) is 13.8. The Morgan fingerprint density at radius 3 is 2.48 bits per heavy atom. The molecule has 2 aromatic carbocycles. The highest BCUT2D eigenvalue weighted by Gasteiger charge is 2.37. The van der Waals surface area contributed by atoms with Crippen LogP contribution in [-0.4, -0.2) is 11.7 Å². The molecule has 0 saturated carbocycles. The van der Waals surface area contributed by atoms with Gasteiger partial charge >= 0.3 is 0 Å². The number of ketones is 1. The number of anilines is 1. The van der Waals surface area contributed by atoms with Gasteiger partial charge in [0, 0.05) is 4.47 Å². The highest BCUT2D eigenvalue weighted by molar-refractivity contribution is 9.10. The van der Waals surface area contributed by atoms with Crippen molar-refractivity contribution >= 4 is 33.3 Å². The van der Waals surface area contributed by atoms with E-state index in [-0.39, 0.29) is 0 Å². The van der Waals surface area contributed by atoms with Crippen molar-refractivity contribution in [2.75, 3.05) is 4.90 Å². The number of carbonyl (C=O) groups is 2. The monoisotopic (exact) mass is 343 g/mol. The number of carbonyl (C=O) groups excluding carboxylic acids is 2. The van der Waals surface area contributed by atoms with E-state index in [0.717, 1.165) is 26.9 Å². The zero-order chi connectivity index (χ0) is 15.1. The molecule has 0 N–H and O–H groups in total. The van der Waals surface area contributed by atoms with Crippen molar-refractivity contribution in [2.45, 2.75) is 20.4 Å². The van der Waals surface area contributed by atoms with Gasteiger partial charge in [0.1, 0.15) is 0 Å². The number of rotatable bonds is 2. The van der Waals surface area contributed by atoms with E-state index in [9.17, 15) is 9.59 Å². The van der Waals surface area contributed by atoms with Crippen LogP contribution < -0.4 is 4.90 Å². The van der Waals surface area contributed by atoms with Crippen LogP contribution in [0.2, 0.25) is 0 Å². The lowest BCUT2D eigenvalue weighted by molar-refractivity contribution is -0.114. The topological polar surface area (TPSA) is 37.4 Å². The van der Waals surface area contributed by atoms with Crippen LogP contribution >= 0.6 is 15.9 Å². The molecule has 0 aromatic heterocycles. The highest BCUT2D eigenvalue weighted by atomic mass is 79.9. The predicted molar refractivity (Wildman–Crippen MR) is 85.6 cm³/mol. The Morgan fingerprint density at radius 1 is 1.05 bits per heavy atom. The third-order valence-corrected chi connectivity index (χ3v) is 4.27. The van der Waals surface area contributed by atoms with Gasteiger partial charge in [0.25, 0.3) is 11.7 Å². The third-order valence-electron chi connectivity index (χ3n) is 3.81. The molecule has 3 nitrogen and oxygen atoms in total. The minimum absolute atomic E-state index is 0.423. The molecule has 1 aliphatic rings. The van der Waals surface area contributed by atoms with Crippen molar-refractivity contribution in [3.05, 3.63) is 63.1 Å². The first-order chi connectivity index (χ1) is 9.99. The van der Waals surface area contributed by atoms with Crippen LogP contribution in [0.3, 0.4) is 0 Å². The third kappa shape index (κ3) is 2.29. The van der Waals surface area contributed by atoms with E-state index in [0.29, 0.717) is 12.1 Å². The van der Waals surface area contributed by atoms with E-state index < -0.39 is 11.7 Å². The quantitative estimate of drug-likeness (QED) is 0.778. The van der Waals surface area contributed by atoms with Crippen LogP contribution in [0.25, 0.3) is 0 Å². The van der Waals surface area contributed by atoms with Gasteiger partial charge in [-0.2, -0.15) is 0 Å². The van der Waals surface area contributed by atoms with Gasteiger partial charge in [0.05, 0.1) is 17.8 Å². The molecular weight excluding hydrogens is 330 g/mol. The summed E-state index contributed by atoms with van der Waals surface area (Å²) in [7, 11) is 0. The molecule has 0 saturated heterocycles. The Balaban J connectivity index is 2.08. The fourth-order valence-corrected chi connectivity index (χ4v) is 3.29. The summed E-state index contributed by atoms with van der Waals surface area (Å²) in [5, 5.41) is 0. The number of benzene rings is 2. The first-order valence-corrected chi connectivity index (χ1v) is 7.49. The van der Waals surface area contributed by atoms with Crippen LogP contribution in [0.4, 0.5) is 5.69 Å². The van der Waals surface area contributed by atoms with Crippen molar-refractivity contribution in [1.82, 2.24) is 0 Å². The molecule has 4 heteroatoms. The summed E-state index contributed by atoms with van der Waals surface area (Å²) in [6.07, 6.45) is 0. The molecule has 106 valence electrons. The molecule has 0 aliphatic carbocycles. The van der Waals surface area contributed by atoms with E-state index in [4.69, 9.17) is 0 Å². The smallest absolute Gasteiger partial charge is 0.299 e. The maximum Gasteiger partial charge on any atom is 0.299 e. The average Bonchev–Trinajstić information content (AvgIpc) is 2.67. The molecule has 0 radical (unpaired) electrons. The van der Waals surface area contributed by atoms with Crippen molar-refractivity contribution in [3.8, 4) is 0 Å². The predicted octanol–water partition coefficient (Wildman–Crippen LogP) is 3.80. The molecule has 1 aliphatic heterocycles. The van der Waals surface area contributed by atoms with E-state index >= 15 is 0 Å². The maximum absolute atomic E-state index is 12.3. The Hall–Kier alpha value is -1.94. The Labute approximate surface area is 131 Å². The summed E-state index contributed by atoms with van der Waals surface area (Å²) in [6, 6.07) is 11.6. The Bertz CT molecular complexity index is 767. The van der Waals surface area contributed by atoms with Gasteiger partial charge in [-0.1, -0.05) is 40.2 Å². The van der Waals surface area contributed by atoms with Crippen LogP contribution in [0.1, 0.15) is 27.0 Å². The zero-order valence-electron chi connectivity index (χ0n) is 11.8. The Kier molecular flexibility index (Phi) is 3.41. The summed E-state index contributed by atoms with van der Waals surface area (Å²) < 4.78 is 0.817. The molecule has 0 unspecified atom stereocenters. The molecular formula is C17H14BrNO2. The molecule has 0 bridgehead atoms. The number of nitrogens with zero attached hydrogens (tertiary/aromatic N) is 1. The second-order valence-corrected chi connectivity index (χ2v) is 6.18. The number of aryl methyl sites for hydroxylation is 2. The van der Waals surface area contributed by atoms with Crippen molar-refractivity contribution in [3.63, 3.8) is 0 Å². The fraction of sp³-hybridized carbons (Fsp3) is 0.176. The number of hydrogen-bond donors (Lipinski definition) is 0. The summed E-state index contributed by atoms with van der Waals surface area (Å²) in [4.78, 5) is 26.1. The molecule has 1 heterocycles. The van der Waals surface area contributed by atoms with Gasteiger partial charge in [-0.15, -0.1) is 0 Å². The SMILES string of the molecule is Cc1ccccc1CN1C(=O)C(=O)c2cc(Br)cc(C)c21. The molecule has 0 spiro atoms. The zero-order valence-corrected chi connectivity index (χ0v) is 13.4. The average molecular weight is 344 g/mol. The van der Waals surface area contributed by atoms with E-state index in [2.05, 4.69) is 15.9 Å². The standard InChI is InChI=1S/C17H14BrNO2/c1-10-5-3-4-6-12(10)9-19-15-11(2)7-13(18)8-14(15)16(20)17(19)21/h3-8H,9H2,1-2H3. The van der Waals surface area contributed by atoms with Crippen molar-refractivity contribution in [1.29, 1.82) is 0 Å². The second kappa shape index (κ2) is 5.11. The van der Waals surface area contributed by atoms with E-state index in [1.54, 1.807) is 11.0 Å². The van der Waals surface area contributed by atoms with Gasteiger partial charge in [0.2, 0.25) is 0 Å². The van der Waals surface area contributed by atoms with Crippen LogP contribution in [0.5, 0.6) is 0 Å². The lowest BCUT2D eigenvalue weighted by atomic mass is 10.1. The highest BCUT2D eigenvalue weighted by Crippen LogP contribution is 2.36. The van der Waals surface area contributed by atoms with Crippen molar-refractivity contribution < 1.29 is 9.59 Å². The number of hydrogen-bond acceptors (Lipinski definition) is 2. The van der Waals surface area contributed by atoms with Gasteiger partial charge in [-0.05, 0) is 42.7 Å². The van der Waals surface area contributed by atoms with Crippen LogP contribution in [0.15, 0.2) is 40.9 Å². The van der Waals surface area contributed by atoms with Gasteiger partial charge in [-0.3, -0.25) is 9.59 Å². The summed E-state index contributed by atoms with van der Waals surface area (Å²) >= 11 is 3.38. The fourth-order valence-electron chi connectivity index (χ4n) is 2.71. The molecule has 2 aromatic rings. The molecule has 3 rings (SSSR count). The van der Waals surface area contributed by atoms with E-state index in [1.165, 1.54) is 0 Å². The molecule has 0 atom stereocenters. The summed E-state index contributed by atoms with van der Waals surface area (Å²) in [5.41, 5.74) is 4.30. The summed E-state index contributed by atoms with van der Waals surface area (Å²) in [5.74, 6) is -0.877. The number of Topliss-reactive ketones (excluding diaryl/α,β-unsaturated/α-hetero) is 1. The minimum Gasteiger partial charge on any atom is -0.300 e. The minimum atomic E-state index is -0.450. The van der Waals surface area contributed by atoms with Crippen molar-refractivity contribution in [2.24, 2.45) is 0 Å². The summed E-state index contributed by atoms with van der Waals surface area (Å²) in [6.45, 7) is 4.35.